The van der Waals surface area contributed by atoms with E-state index in [2.05, 4.69) is 23.0 Å². The molecule has 5 heteroatoms. The molecule has 0 aliphatic carbocycles. The third-order valence-electron chi connectivity index (χ3n) is 2.53. The molecule has 0 spiro atoms. The third-order valence-corrected chi connectivity index (χ3v) is 2.83. The van der Waals surface area contributed by atoms with E-state index in [4.69, 9.17) is 0 Å². The van der Waals surface area contributed by atoms with E-state index in [1.165, 1.54) is 0 Å². The molecule has 2 aromatic rings. The Hall–Kier alpha value is -1.75. The second-order valence-corrected chi connectivity index (χ2v) is 4.67. The highest BCUT2D eigenvalue weighted by Gasteiger charge is 2.09. The van der Waals surface area contributed by atoms with Gasteiger partial charge in [0, 0.05) is 28.9 Å². The average molecular weight is 261 g/mol. The molecule has 4 nitrogen and oxygen atoms in total. The highest BCUT2D eigenvalue weighted by Crippen LogP contribution is 2.07. The molecule has 18 heavy (non-hydrogen) atoms. The Kier molecular flexibility index (Phi) is 4.04. The number of nitrogens with one attached hydrogen (secondary N) is 1. The Morgan fingerprint density at radius 3 is 2.78 bits per heavy atom. The van der Waals surface area contributed by atoms with Crippen LogP contribution in [0.15, 0.2) is 47.6 Å². The number of benzene rings is 1. The first-order chi connectivity index (χ1) is 8.65. The van der Waals surface area contributed by atoms with Crippen LogP contribution >= 0.6 is 12.6 Å². The maximum atomic E-state index is 11.9. The maximum Gasteiger partial charge on any atom is 0.251 e. The molecule has 0 bridgehead atoms. The van der Waals surface area contributed by atoms with Gasteiger partial charge < -0.3 is 5.32 Å². The van der Waals surface area contributed by atoms with Crippen molar-refractivity contribution in [2.75, 3.05) is 0 Å². The van der Waals surface area contributed by atoms with Crippen molar-refractivity contribution in [2.45, 2.75) is 24.4 Å². The van der Waals surface area contributed by atoms with Gasteiger partial charge in [-0.1, -0.05) is 0 Å². The number of nitrogens with zero attached hydrogens (tertiary/aromatic N) is 2. The lowest BCUT2D eigenvalue weighted by Crippen LogP contribution is -2.35. The van der Waals surface area contributed by atoms with Crippen LogP contribution in [0.5, 0.6) is 0 Å². The number of hydrogen-bond acceptors (Lipinski definition) is 3. The zero-order valence-electron chi connectivity index (χ0n) is 10.1. The number of carbonyl (C=O) groups excluding carboxylic acids is 1. The summed E-state index contributed by atoms with van der Waals surface area (Å²) in [5.74, 6) is -0.0806. The fraction of sp³-hybridized carbons (Fsp3) is 0.231. The van der Waals surface area contributed by atoms with E-state index >= 15 is 0 Å². The molecular formula is C13H15N3OS. The summed E-state index contributed by atoms with van der Waals surface area (Å²) in [7, 11) is 0. The molecule has 0 saturated heterocycles. The summed E-state index contributed by atoms with van der Waals surface area (Å²) in [6.45, 7) is 2.61. The average Bonchev–Trinajstić information content (AvgIpc) is 2.82. The van der Waals surface area contributed by atoms with Crippen molar-refractivity contribution in [2.24, 2.45) is 0 Å². The lowest BCUT2D eigenvalue weighted by Gasteiger charge is -2.14. The van der Waals surface area contributed by atoms with Crippen molar-refractivity contribution >= 4 is 18.5 Å². The second-order valence-electron chi connectivity index (χ2n) is 4.15. The number of thiol groups is 1. The Labute approximate surface area is 111 Å². The monoisotopic (exact) mass is 261 g/mol. The van der Waals surface area contributed by atoms with Crippen LogP contribution in [-0.4, -0.2) is 21.7 Å². The summed E-state index contributed by atoms with van der Waals surface area (Å²) in [6, 6.07) is 9.01. The predicted molar refractivity (Wildman–Crippen MR) is 72.8 cm³/mol. The minimum atomic E-state index is -0.0806. The van der Waals surface area contributed by atoms with Gasteiger partial charge in [-0.15, -0.1) is 12.6 Å². The minimum Gasteiger partial charge on any atom is -0.348 e. The van der Waals surface area contributed by atoms with E-state index in [9.17, 15) is 4.79 Å². The first kappa shape index (κ1) is 12.7. The van der Waals surface area contributed by atoms with Gasteiger partial charge in [0.15, 0.2) is 0 Å². The van der Waals surface area contributed by atoms with Crippen molar-refractivity contribution in [3.8, 4) is 0 Å². The molecule has 1 atom stereocenters. The van der Waals surface area contributed by atoms with Crippen molar-refractivity contribution in [3.05, 3.63) is 48.3 Å². The number of aromatic nitrogens is 2. The summed E-state index contributed by atoms with van der Waals surface area (Å²) in [5, 5.41) is 7.03. The van der Waals surface area contributed by atoms with Gasteiger partial charge in [-0.3, -0.25) is 9.48 Å². The highest BCUT2D eigenvalue weighted by molar-refractivity contribution is 7.80. The van der Waals surface area contributed by atoms with Crippen LogP contribution in [0.25, 0.3) is 0 Å². The molecule has 0 aliphatic heterocycles. The Balaban J connectivity index is 1.92. The first-order valence-corrected chi connectivity index (χ1v) is 6.17. The lowest BCUT2D eigenvalue weighted by molar-refractivity contribution is 0.0936. The molecule has 0 radical (unpaired) electrons. The molecule has 0 aliphatic rings. The first-order valence-electron chi connectivity index (χ1n) is 5.72. The van der Waals surface area contributed by atoms with Gasteiger partial charge >= 0.3 is 0 Å². The second kappa shape index (κ2) is 5.73. The zero-order chi connectivity index (χ0) is 13.0. The molecular weight excluding hydrogens is 246 g/mol. The van der Waals surface area contributed by atoms with Crippen LogP contribution in [0.4, 0.5) is 0 Å². The molecule has 94 valence electrons. The highest BCUT2D eigenvalue weighted by atomic mass is 32.1. The summed E-state index contributed by atoms with van der Waals surface area (Å²) >= 11 is 4.19. The number of amides is 1. The summed E-state index contributed by atoms with van der Waals surface area (Å²) in [6.07, 6.45) is 3.60. The topological polar surface area (TPSA) is 46.9 Å². The number of hydrogen-bond donors (Lipinski definition) is 2. The SMILES string of the molecule is CC(Cn1cccn1)NC(=O)c1ccc(S)cc1. The lowest BCUT2D eigenvalue weighted by atomic mass is 10.2. The smallest absolute Gasteiger partial charge is 0.251 e. The van der Waals surface area contributed by atoms with Crippen LogP contribution in [0.2, 0.25) is 0 Å². The molecule has 1 heterocycles. The van der Waals surface area contributed by atoms with Gasteiger partial charge in [0.1, 0.15) is 0 Å². The van der Waals surface area contributed by atoms with Crippen molar-refractivity contribution in [1.29, 1.82) is 0 Å². The molecule has 1 N–H and O–H groups in total. The Morgan fingerprint density at radius 2 is 2.17 bits per heavy atom. The molecule has 1 aromatic heterocycles. The van der Waals surface area contributed by atoms with Gasteiger partial charge in [-0.05, 0) is 37.3 Å². The number of carbonyl (C=O) groups is 1. The van der Waals surface area contributed by atoms with Crippen LogP contribution in [0.1, 0.15) is 17.3 Å². The minimum absolute atomic E-state index is 0.0214. The Morgan fingerprint density at radius 1 is 1.44 bits per heavy atom. The molecule has 0 saturated carbocycles. The normalized spacial score (nSPS) is 12.1. The third kappa shape index (κ3) is 3.37. The van der Waals surface area contributed by atoms with E-state index in [-0.39, 0.29) is 11.9 Å². The zero-order valence-corrected chi connectivity index (χ0v) is 11.0. The molecule has 1 aromatic carbocycles. The Bertz CT molecular complexity index is 508. The van der Waals surface area contributed by atoms with Crippen LogP contribution in [0.3, 0.4) is 0 Å². The fourth-order valence-corrected chi connectivity index (χ4v) is 1.80. The van der Waals surface area contributed by atoms with Crippen molar-refractivity contribution in [1.82, 2.24) is 15.1 Å². The molecule has 1 unspecified atom stereocenters. The molecule has 0 fully saturated rings. The van der Waals surface area contributed by atoms with E-state index in [1.54, 1.807) is 35.1 Å². The van der Waals surface area contributed by atoms with Gasteiger partial charge in [0.2, 0.25) is 0 Å². The standard InChI is InChI=1S/C13H15N3OS/c1-10(9-16-8-2-7-14-16)15-13(17)11-3-5-12(18)6-4-11/h2-8,10,18H,9H2,1H3,(H,15,17). The maximum absolute atomic E-state index is 11.9. The van der Waals surface area contributed by atoms with Crippen LogP contribution in [0, 0.1) is 0 Å². The van der Waals surface area contributed by atoms with E-state index < -0.39 is 0 Å². The van der Waals surface area contributed by atoms with Gasteiger partial charge in [-0.25, -0.2) is 0 Å². The summed E-state index contributed by atoms with van der Waals surface area (Å²) < 4.78 is 1.79. The quantitative estimate of drug-likeness (QED) is 0.827. The molecule has 2 rings (SSSR count). The summed E-state index contributed by atoms with van der Waals surface area (Å²) in [4.78, 5) is 12.8. The molecule has 1 amide bonds. The predicted octanol–water partition coefficient (Wildman–Crippen LogP) is 1.99. The van der Waals surface area contributed by atoms with Crippen molar-refractivity contribution in [3.63, 3.8) is 0 Å². The van der Waals surface area contributed by atoms with Crippen LogP contribution < -0.4 is 5.32 Å². The van der Waals surface area contributed by atoms with Gasteiger partial charge in [0.05, 0.1) is 6.54 Å². The van der Waals surface area contributed by atoms with E-state index in [1.807, 2.05) is 19.2 Å². The van der Waals surface area contributed by atoms with Crippen LogP contribution in [-0.2, 0) is 6.54 Å². The van der Waals surface area contributed by atoms with E-state index in [0.717, 1.165) is 4.90 Å². The van der Waals surface area contributed by atoms with Gasteiger partial charge in [0.25, 0.3) is 5.91 Å². The summed E-state index contributed by atoms with van der Waals surface area (Å²) in [5.41, 5.74) is 0.639. The van der Waals surface area contributed by atoms with Gasteiger partial charge in [-0.2, -0.15) is 5.10 Å². The number of rotatable bonds is 4. The van der Waals surface area contributed by atoms with Crippen molar-refractivity contribution < 1.29 is 4.79 Å². The van der Waals surface area contributed by atoms with E-state index in [0.29, 0.717) is 12.1 Å². The fourth-order valence-electron chi connectivity index (χ4n) is 1.65. The largest absolute Gasteiger partial charge is 0.348 e.